The first kappa shape index (κ1) is 10.4. The van der Waals surface area contributed by atoms with Crippen molar-refractivity contribution < 1.29 is 24.1 Å². The third kappa shape index (κ3) is 2.36. The first-order valence-electron chi connectivity index (χ1n) is 3.91. The van der Waals surface area contributed by atoms with Crippen LogP contribution in [0.2, 0.25) is 0 Å². The number of hydrogen-bond donors (Lipinski definition) is 3. The Morgan fingerprint density at radius 3 is 2.77 bits per heavy atom. The zero-order chi connectivity index (χ0) is 10.0. The molecule has 0 saturated carbocycles. The highest BCUT2D eigenvalue weighted by atomic mass is 19.1. The van der Waals surface area contributed by atoms with E-state index >= 15 is 0 Å². The maximum absolute atomic E-state index is 12.9. The maximum Gasteiger partial charge on any atom is 0.217 e. The van der Waals surface area contributed by atoms with Crippen LogP contribution in [-0.2, 0) is 9.53 Å². The summed E-state index contributed by atoms with van der Waals surface area (Å²) in [6.07, 6.45) is -4.92. The lowest BCUT2D eigenvalue weighted by Crippen LogP contribution is -2.57. The molecule has 0 bridgehead atoms. The molecule has 6 heteroatoms. The van der Waals surface area contributed by atoms with E-state index in [-0.39, 0.29) is 12.5 Å². The number of carbonyl (C=O) groups excluding carboxylic acids is 1. The van der Waals surface area contributed by atoms with Gasteiger partial charge in [0, 0.05) is 6.92 Å². The zero-order valence-corrected chi connectivity index (χ0v) is 7.11. The van der Waals surface area contributed by atoms with Gasteiger partial charge < -0.3 is 20.3 Å². The van der Waals surface area contributed by atoms with Crippen LogP contribution in [0.1, 0.15) is 6.92 Å². The van der Waals surface area contributed by atoms with Gasteiger partial charge in [-0.25, -0.2) is 4.39 Å². The molecular weight excluding hydrogens is 181 g/mol. The summed E-state index contributed by atoms with van der Waals surface area (Å²) in [6, 6.07) is -0.795. The molecule has 1 aliphatic rings. The van der Waals surface area contributed by atoms with Crippen LogP contribution in [0.4, 0.5) is 4.39 Å². The lowest BCUT2D eigenvalue weighted by molar-refractivity contribution is -0.208. The monoisotopic (exact) mass is 193 g/mol. The fourth-order valence-electron chi connectivity index (χ4n) is 1.17. The molecule has 0 aliphatic carbocycles. The van der Waals surface area contributed by atoms with Crippen molar-refractivity contribution in [2.24, 2.45) is 0 Å². The normalized spacial score (nSPS) is 40.0. The molecule has 3 N–H and O–H groups in total. The van der Waals surface area contributed by atoms with Gasteiger partial charge in [0.05, 0.1) is 12.6 Å². The fourth-order valence-corrected chi connectivity index (χ4v) is 1.17. The van der Waals surface area contributed by atoms with Gasteiger partial charge in [0.2, 0.25) is 5.91 Å². The van der Waals surface area contributed by atoms with Crippen molar-refractivity contribution in [3.05, 3.63) is 0 Å². The van der Waals surface area contributed by atoms with Gasteiger partial charge in [-0.15, -0.1) is 0 Å². The van der Waals surface area contributed by atoms with Gasteiger partial charge in [0.25, 0.3) is 0 Å². The molecule has 1 heterocycles. The van der Waals surface area contributed by atoms with Crippen LogP contribution in [0.15, 0.2) is 0 Å². The molecule has 5 nitrogen and oxygen atoms in total. The molecule has 1 aliphatic heterocycles. The summed E-state index contributed by atoms with van der Waals surface area (Å²) in [6.45, 7) is 1.16. The third-order valence-corrected chi connectivity index (χ3v) is 1.85. The highest BCUT2D eigenvalue weighted by Crippen LogP contribution is 2.16. The van der Waals surface area contributed by atoms with Crippen molar-refractivity contribution in [2.75, 3.05) is 6.61 Å². The standard InChI is InChI=1S/C7H12FNO4/c1-3(10)9-4-2-13-7(12)5(8)6(4)11/h4-7,11-12H,2H2,1H3,(H,9,10)/t4-,5-,6+,7-/m1/s1. The molecule has 4 atom stereocenters. The number of hydrogen-bond acceptors (Lipinski definition) is 4. The molecule has 0 radical (unpaired) electrons. The molecule has 1 rings (SSSR count). The van der Waals surface area contributed by atoms with Crippen molar-refractivity contribution in [1.29, 1.82) is 0 Å². The highest BCUT2D eigenvalue weighted by molar-refractivity contribution is 5.73. The quantitative estimate of drug-likeness (QED) is 0.475. The van der Waals surface area contributed by atoms with Gasteiger partial charge in [-0.1, -0.05) is 0 Å². The summed E-state index contributed by atoms with van der Waals surface area (Å²) in [5.41, 5.74) is 0. The summed E-state index contributed by atoms with van der Waals surface area (Å²) < 4.78 is 17.5. The van der Waals surface area contributed by atoms with Crippen molar-refractivity contribution in [3.8, 4) is 0 Å². The predicted molar refractivity (Wildman–Crippen MR) is 40.5 cm³/mol. The van der Waals surface area contributed by atoms with Gasteiger partial charge in [-0.3, -0.25) is 4.79 Å². The van der Waals surface area contributed by atoms with Crippen LogP contribution >= 0.6 is 0 Å². The Balaban J connectivity index is 2.53. The molecule has 0 aromatic rings. The smallest absolute Gasteiger partial charge is 0.217 e. The van der Waals surface area contributed by atoms with Crippen molar-refractivity contribution >= 4 is 5.91 Å². The SMILES string of the molecule is CC(=O)N[C@@H]1CO[C@@H](O)[C@H](F)[C@H]1O. The number of rotatable bonds is 1. The summed E-state index contributed by atoms with van der Waals surface area (Å²) in [5, 5.41) is 20.4. The van der Waals surface area contributed by atoms with Gasteiger partial charge >= 0.3 is 0 Å². The van der Waals surface area contributed by atoms with Crippen LogP contribution in [0.5, 0.6) is 0 Å². The van der Waals surface area contributed by atoms with E-state index in [1.54, 1.807) is 0 Å². The van der Waals surface area contributed by atoms with Crippen LogP contribution in [0.3, 0.4) is 0 Å². The first-order valence-corrected chi connectivity index (χ1v) is 3.91. The van der Waals surface area contributed by atoms with Crippen LogP contribution in [0.25, 0.3) is 0 Å². The Kier molecular flexibility index (Phi) is 3.18. The molecule has 1 amide bonds. The second kappa shape index (κ2) is 3.99. The van der Waals surface area contributed by atoms with E-state index in [2.05, 4.69) is 10.1 Å². The molecule has 13 heavy (non-hydrogen) atoms. The van der Waals surface area contributed by atoms with Gasteiger partial charge in [-0.05, 0) is 0 Å². The van der Waals surface area contributed by atoms with Crippen molar-refractivity contribution in [3.63, 3.8) is 0 Å². The maximum atomic E-state index is 12.9. The molecule has 1 saturated heterocycles. The number of aliphatic hydroxyl groups is 2. The second-order valence-electron chi connectivity index (χ2n) is 2.97. The summed E-state index contributed by atoms with van der Waals surface area (Å²) in [5.74, 6) is -0.378. The minimum absolute atomic E-state index is 0.0949. The van der Waals surface area contributed by atoms with Gasteiger partial charge in [0.1, 0.15) is 6.10 Å². The zero-order valence-electron chi connectivity index (χ0n) is 7.11. The summed E-state index contributed by atoms with van der Waals surface area (Å²) in [4.78, 5) is 10.6. The van der Waals surface area contributed by atoms with E-state index in [9.17, 15) is 14.3 Å². The van der Waals surface area contributed by atoms with E-state index in [0.717, 1.165) is 0 Å². The number of carbonyl (C=O) groups is 1. The molecule has 0 unspecified atom stereocenters. The molecule has 0 spiro atoms. The topological polar surface area (TPSA) is 78.8 Å². The minimum atomic E-state index is -1.88. The largest absolute Gasteiger partial charge is 0.388 e. The lowest BCUT2D eigenvalue weighted by atomic mass is 10.0. The van der Waals surface area contributed by atoms with Crippen LogP contribution < -0.4 is 5.32 Å². The van der Waals surface area contributed by atoms with E-state index in [1.807, 2.05) is 0 Å². The minimum Gasteiger partial charge on any atom is -0.388 e. The third-order valence-electron chi connectivity index (χ3n) is 1.85. The molecule has 76 valence electrons. The average molecular weight is 193 g/mol. The first-order chi connectivity index (χ1) is 6.02. The Morgan fingerprint density at radius 2 is 2.23 bits per heavy atom. The number of aliphatic hydroxyl groups excluding tert-OH is 2. The van der Waals surface area contributed by atoms with E-state index in [0.29, 0.717) is 0 Å². The number of ether oxygens (including phenoxy) is 1. The Hall–Kier alpha value is -0.720. The summed E-state index contributed by atoms with van der Waals surface area (Å²) in [7, 11) is 0. The molecule has 0 aromatic heterocycles. The molecular formula is C7H12FNO4. The van der Waals surface area contributed by atoms with Crippen LogP contribution in [0, 0.1) is 0 Å². The molecule has 1 fully saturated rings. The Morgan fingerprint density at radius 1 is 1.62 bits per heavy atom. The van der Waals surface area contributed by atoms with E-state index in [4.69, 9.17) is 5.11 Å². The van der Waals surface area contributed by atoms with Gasteiger partial charge in [0.15, 0.2) is 12.5 Å². The lowest BCUT2D eigenvalue weighted by Gasteiger charge is -2.33. The molecule has 0 aromatic carbocycles. The second-order valence-corrected chi connectivity index (χ2v) is 2.97. The number of alkyl halides is 1. The Labute approximate surface area is 74.5 Å². The van der Waals surface area contributed by atoms with Crippen LogP contribution in [-0.4, -0.2) is 47.3 Å². The predicted octanol–water partition coefficient (Wildman–Crippen LogP) is -1.46. The Bertz CT molecular complexity index is 201. The van der Waals surface area contributed by atoms with E-state index < -0.39 is 24.6 Å². The van der Waals surface area contributed by atoms with E-state index in [1.165, 1.54) is 6.92 Å². The average Bonchev–Trinajstić information content (AvgIpc) is 2.06. The summed E-state index contributed by atoms with van der Waals surface area (Å²) >= 11 is 0. The van der Waals surface area contributed by atoms with Crippen molar-refractivity contribution in [1.82, 2.24) is 5.32 Å². The number of nitrogens with one attached hydrogen (secondary N) is 1. The fraction of sp³-hybridized carbons (Fsp3) is 0.857. The van der Waals surface area contributed by atoms with Crippen molar-refractivity contribution in [2.45, 2.75) is 31.5 Å². The van der Waals surface area contributed by atoms with Gasteiger partial charge in [-0.2, -0.15) is 0 Å². The number of amides is 1. The number of halogens is 1. The highest BCUT2D eigenvalue weighted by Gasteiger charge is 2.39.